The van der Waals surface area contributed by atoms with Crippen molar-refractivity contribution in [2.24, 2.45) is 0 Å². The van der Waals surface area contributed by atoms with Crippen molar-refractivity contribution in [3.63, 3.8) is 0 Å². The van der Waals surface area contributed by atoms with Crippen LogP contribution in [0.25, 0.3) is 0 Å². The Morgan fingerprint density at radius 3 is 2.10 bits per heavy atom. The summed E-state index contributed by atoms with van der Waals surface area (Å²) in [6.07, 6.45) is 0. The van der Waals surface area contributed by atoms with E-state index >= 15 is 0 Å². The molecule has 0 radical (unpaired) electrons. The second-order valence-electron chi connectivity index (χ2n) is 5.99. The van der Waals surface area contributed by atoms with E-state index in [2.05, 4.69) is 5.32 Å². The average Bonchev–Trinajstić information content (AvgIpc) is 2.73. The van der Waals surface area contributed by atoms with E-state index in [1.54, 1.807) is 19.2 Å². The first-order valence-corrected chi connectivity index (χ1v) is 8.54. The molecule has 0 aliphatic heterocycles. The van der Waals surface area contributed by atoms with Gasteiger partial charge in [0.2, 0.25) is 5.75 Å². The number of nitrogens with one attached hydrogen (secondary N) is 1. The first-order valence-electron chi connectivity index (χ1n) is 8.54. The number of methoxy groups -OCH3 is 1. The van der Waals surface area contributed by atoms with Gasteiger partial charge in [-0.2, -0.15) is 0 Å². The zero-order valence-electron chi connectivity index (χ0n) is 15.4. The monoisotopic (exact) mass is 395 g/mol. The molecule has 3 aromatic rings. The molecule has 0 aromatic heterocycles. The highest BCUT2D eigenvalue weighted by Gasteiger charge is 2.21. The first kappa shape index (κ1) is 19.6. The number of hydrogen-bond acceptors (Lipinski definition) is 7. The normalized spacial score (nSPS) is 10.2. The standard InChI is InChI=1S/C20H17N3O6/c1-28-17-9-4-15(5-10-17)21-13-14-2-7-18(8-3-14)29-20-11-6-16(22(24)25)12-19(20)23(26)27/h2-12,21H,13H2,1H3. The fourth-order valence-corrected chi connectivity index (χ4v) is 2.56. The molecule has 0 saturated heterocycles. The maximum Gasteiger partial charge on any atom is 0.318 e. The van der Waals surface area contributed by atoms with Crippen LogP contribution < -0.4 is 14.8 Å². The van der Waals surface area contributed by atoms with E-state index in [0.717, 1.165) is 29.1 Å². The van der Waals surface area contributed by atoms with Crippen LogP contribution in [0, 0.1) is 20.2 Å². The van der Waals surface area contributed by atoms with Gasteiger partial charge in [0.15, 0.2) is 0 Å². The summed E-state index contributed by atoms with van der Waals surface area (Å²) >= 11 is 0. The molecule has 0 fully saturated rings. The van der Waals surface area contributed by atoms with Crippen LogP contribution in [0.2, 0.25) is 0 Å². The lowest BCUT2D eigenvalue weighted by molar-refractivity contribution is -0.394. The lowest BCUT2D eigenvalue weighted by Crippen LogP contribution is -1.99. The summed E-state index contributed by atoms with van der Waals surface area (Å²) in [7, 11) is 1.61. The van der Waals surface area contributed by atoms with Crippen LogP contribution in [0.3, 0.4) is 0 Å². The lowest BCUT2D eigenvalue weighted by atomic mass is 10.2. The molecule has 9 heteroatoms. The van der Waals surface area contributed by atoms with Crippen LogP contribution in [0.1, 0.15) is 5.56 Å². The van der Waals surface area contributed by atoms with Crippen molar-refractivity contribution in [2.45, 2.75) is 6.54 Å². The van der Waals surface area contributed by atoms with E-state index in [0.29, 0.717) is 12.3 Å². The average molecular weight is 395 g/mol. The van der Waals surface area contributed by atoms with Crippen LogP contribution in [-0.2, 0) is 6.54 Å². The van der Waals surface area contributed by atoms with Gasteiger partial charge in [-0.25, -0.2) is 0 Å². The van der Waals surface area contributed by atoms with Gasteiger partial charge in [-0.15, -0.1) is 0 Å². The second-order valence-corrected chi connectivity index (χ2v) is 5.99. The van der Waals surface area contributed by atoms with Crippen molar-refractivity contribution >= 4 is 17.1 Å². The molecule has 3 rings (SSSR count). The zero-order valence-corrected chi connectivity index (χ0v) is 15.4. The summed E-state index contributed by atoms with van der Waals surface area (Å²) in [5, 5.41) is 25.3. The van der Waals surface area contributed by atoms with Crippen molar-refractivity contribution in [3.8, 4) is 17.2 Å². The SMILES string of the molecule is COc1ccc(NCc2ccc(Oc3ccc([N+](=O)[O-])cc3[N+](=O)[O-])cc2)cc1. The predicted molar refractivity (Wildman–Crippen MR) is 107 cm³/mol. The minimum atomic E-state index is -0.713. The quantitative estimate of drug-likeness (QED) is 0.425. The Morgan fingerprint density at radius 1 is 0.862 bits per heavy atom. The van der Waals surface area contributed by atoms with Crippen molar-refractivity contribution in [2.75, 3.05) is 12.4 Å². The smallest absolute Gasteiger partial charge is 0.318 e. The van der Waals surface area contributed by atoms with Crippen molar-refractivity contribution in [1.29, 1.82) is 0 Å². The molecule has 1 N–H and O–H groups in total. The molecule has 0 aliphatic carbocycles. The van der Waals surface area contributed by atoms with Crippen LogP contribution in [0.15, 0.2) is 66.7 Å². The van der Waals surface area contributed by atoms with E-state index < -0.39 is 15.5 Å². The van der Waals surface area contributed by atoms with E-state index in [4.69, 9.17) is 9.47 Å². The van der Waals surface area contributed by atoms with Gasteiger partial charge >= 0.3 is 5.69 Å². The number of non-ortho nitro benzene ring substituents is 1. The zero-order chi connectivity index (χ0) is 20.8. The molecular formula is C20H17N3O6. The van der Waals surface area contributed by atoms with Gasteiger partial charge in [0.1, 0.15) is 11.5 Å². The Kier molecular flexibility index (Phi) is 5.88. The number of nitro groups is 2. The molecule has 0 amide bonds. The molecule has 0 atom stereocenters. The van der Waals surface area contributed by atoms with E-state index in [-0.39, 0.29) is 11.4 Å². The summed E-state index contributed by atoms with van der Waals surface area (Å²) in [6, 6.07) is 17.8. The minimum Gasteiger partial charge on any atom is -0.497 e. The maximum absolute atomic E-state index is 11.2. The topological polar surface area (TPSA) is 117 Å². The molecule has 0 spiro atoms. The van der Waals surface area contributed by atoms with Crippen LogP contribution in [-0.4, -0.2) is 17.0 Å². The molecule has 0 unspecified atom stereocenters. The third-order valence-electron chi connectivity index (χ3n) is 4.09. The van der Waals surface area contributed by atoms with Crippen LogP contribution in [0.5, 0.6) is 17.2 Å². The number of ether oxygens (including phenoxy) is 2. The van der Waals surface area contributed by atoms with Gasteiger partial charge in [-0.05, 0) is 48.0 Å². The van der Waals surface area contributed by atoms with Gasteiger partial charge in [-0.3, -0.25) is 20.2 Å². The Labute approximate surface area is 165 Å². The number of rotatable bonds is 8. The Hall–Kier alpha value is -4.14. The molecule has 9 nitrogen and oxygen atoms in total. The van der Waals surface area contributed by atoms with Crippen LogP contribution >= 0.6 is 0 Å². The van der Waals surface area contributed by atoms with Crippen molar-refractivity contribution < 1.29 is 19.3 Å². The maximum atomic E-state index is 11.2. The lowest BCUT2D eigenvalue weighted by Gasteiger charge is -2.09. The molecule has 29 heavy (non-hydrogen) atoms. The van der Waals surface area contributed by atoms with E-state index in [1.807, 2.05) is 36.4 Å². The summed E-state index contributed by atoms with van der Waals surface area (Å²) in [5.74, 6) is 1.09. The highest BCUT2D eigenvalue weighted by atomic mass is 16.6. The number of nitrogens with zero attached hydrogens (tertiary/aromatic N) is 2. The van der Waals surface area contributed by atoms with E-state index in [1.165, 1.54) is 6.07 Å². The molecule has 148 valence electrons. The third-order valence-corrected chi connectivity index (χ3v) is 4.09. The number of nitro benzene ring substituents is 2. The van der Waals surface area contributed by atoms with E-state index in [9.17, 15) is 20.2 Å². The summed E-state index contributed by atoms with van der Waals surface area (Å²) < 4.78 is 10.7. The summed E-state index contributed by atoms with van der Waals surface area (Å²) in [6.45, 7) is 0.574. The number of benzene rings is 3. The van der Waals surface area contributed by atoms with Crippen molar-refractivity contribution in [3.05, 3.63) is 92.5 Å². The van der Waals surface area contributed by atoms with Gasteiger partial charge in [0.25, 0.3) is 5.69 Å². The summed E-state index contributed by atoms with van der Waals surface area (Å²) in [5.41, 5.74) is 1.08. The fourth-order valence-electron chi connectivity index (χ4n) is 2.56. The highest BCUT2D eigenvalue weighted by molar-refractivity contribution is 5.55. The van der Waals surface area contributed by atoms with Gasteiger partial charge in [0, 0.05) is 18.3 Å². The number of anilines is 1. The van der Waals surface area contributed by atoms with Crippen LogP contribution in [0.4, 0.5) is 17.1 Å². The molecule has 0 bridgehead atoms. The third kappa shape index (κ3) is 4.98. The number of hydrogen-bond donors (Lipinski definition) is 1. The minimum absolute atomic E-state index is 0.0651. The van der Waals surface area contributed by atoms with Gasteiger partial charge in [-0.1, -0.05) is 12.1 Å². The molecule has 3 aromatic carbocycles. The Morgan fingerprint density at radius 2 is 1.52 bits per heavy atom. The van der Waals surface area contributed by atoms with Crippen molar-refractivity contribution in [1.82, 2.24) is 0 Å². The second kappa shape index (κ2) is 8.70. The fraction of sp³-hybridized carbons (Fsp3) is 0.100. The highest BCUT2D eigenvalue weighted by Crippen LogP contribution is 2.34. The first-order chi connectivity index (χ1) is 14.0. The molecule has 0 aliphatic rings. The predicted octanol–water partition coefficient (Wildman–Crippen LogP) is 4.92. The Balaban J connectivity index is 1.67. The molecule has 0 saturated carbocycles. The Bertz CT molecular complexity index is 1020. The summed E-state index contributed by atoms with van der Waals surface area (Å²) in [4.78, 5) is 20.6. The largest absolute Gasteiger partial charge is 0.497 e. The molecular weight excluding hydrogens is 378 g/mol. The van der Waals surface area contributed by atoms with Gasteiger partial charge in [0.05, 0.1) is 23.0 Å². The molecule has 0 heterocycles. The van der Waals surface area contributed by atoms with Gasteiger partial charge < -0.3 is 14.8 Å².